The van der Waals surface area contributed by atoms with E-state index in [0.29, 0.717) is 23.7 Å². The molecule has 25 heavy (non-hydrogen) atoms. The molecule has 0 radical (unpaired) electrons. The van der Waals surface area contributed by atoms with E-state index >= 15 is 0 Å². The number of carbonyl (C=O) groups is 2. The third-order valence-corrected chi connectivity index (χ3v) is 4.42. The molecular formula is C20H23N3O2. The molecule has 1 aliphatic rings. The smallest absolute Gasteiger partial charge is 0.258 e. The Balaban J connectivity index is 1.89. The molecule has 1 atom stereocenters. The largest absolute Gasteiger partial charge is 0.379 e. The first-order chi connectivity index (χ1) is 12.0. The van der Waals surface area contributed by atoms with E-state index < -0.39 is 0 Å². The van der Waals surface area contributed by atoms with Crippen LogP contribution in [0.1, 0.15) is 31.1 Å². The summed E-state index contributed by atoms with van der Waals surface area (Å²) in [4.78, 5) is 26.0. The maximum atomic E-state index is 13.1. The summed E-state index contributed by atoms with van der Waals surface area (Å²) in [6.45, 7) is 6.39. The molecule has 2 aromatic carbocycles. The van der Waals surface area contributed by atoms with E-state index in [2.05, 4.69) is 24.5 Å². The van der Waals surface area contributed by atoms with E-state index in [1.54, 1.807) is 24.3 Å². The Kier molecular flexibility index (Phi) is 4.74. The summed E-state index contributed by atoms with van der Waals surface area (Å²) in [6.07, 6.45) is 0. The normalized spacial score (nSPS) is 16.2. The number of amides is 2. The molecule has 3 rings (SSSR count). The number of hydrogen-bond acceptors (Lipinski definition) is 3. The van der Waals surface area contributed by atoms with Crippen LogP contribution in [0.2, 0.25) is 0 Å². The topological polar surface area (TPSA) is 61.4 Å². The lowest BCUT2D eigenvalue weighted by molar-refractivity contribution is -0.114. The highest BCUT2D eigenvalue weighted by molar-refractivity contribution is 6.08. The molecule has 0 saturated heterocycles. The second-order valence-corrected chi connectivity index (χ2v) is 6.69. The number of fused-ring (bicyclic) bond motifs is 1. The van der Waals surface area contributed by atoms with Gasteiger partial charge >= 0.3 is 0 Å². The fraction of sp³-hybridized carbons (Fsp3) is 0.300. The second kappa shape index (κ2) is 6.97. The molecule has 1 aliphatic heterocycles. The molecule has 2 aromatic rings. The SMILES string of the molecule is CC(=O)Nc1ccc(C(=O)N2C[C@@H](C(C)C)Nc3ccccc32)cc1. The predicted molar refractivity (Wildman–Crippen MR) is 101 cm³/mol. The zero-order valence-electron chi connectivity index (χ0n) is 14.7. The van der Waals surface area contributed by atoms with Crippen molar-refractivity contribution in [1.29, 1.82) is 0 Å². The number of benzene rings is 2. The van der Waals surface area contributed by atoms with Gasteiger partial charge in [-0.1, -0.05) is 26.0 Å². The Morgan fingerprint density at radius 3 is 2.44 bits per heavy atom. The number of rotatable bonds is 3. The number of carbonyl (C=O) groups excluding carboxylic acids is 2. The predicted octanol–water partition coefficient (Wildman–Crippen LogP) is 3.74. The van der Waals surface area contributed by atoms with Gasteiger partial charge in [0.15, 0.2) is 0 Å². The fourth-order valence-electron chi connectivity index (χ4n) is 3.00. The molecule has 5 nitrogen and oxygen atoms in total. The van der Waals surface area contributed by atoms with Crippen LogP contribution in [0.15, 0.2) is 48.5 Å². The van der Waals surface area contributed by atoms with Crippen LogP contribution in [0.4, 0.5) is 17.1 Å². The molecule has 0 spiro atoms. The van der Waals surface area contributed by atoms with Gasteiger partial charge in [0.2, 0.25) is 5.91 Å². The molecule has 130 valence electrons. The minimum atomic E-state index is -0.130. The van der Waals surface area contributed by atoms with Crippen molar-refractivity contribution < 1.29 is 9.59 Å². The maximum absolute atomic E-state index is 13.1. The standard InChI is InChI=1S/C20H23N3O2/c1-13(2)18-12-23(19-7-5-4-6-17(19)22-18)20(25)15-8-10-16(11-9-15)21-14(3)24/h4-11,13,18,22H,12H2,1-3H3,(H,21,24)/t18-/m0/s1. The molecule has 0 fully saturated rings. The van der Waals surface area contributed by atoms with Crippen molar-refractivity contribution in [2.75, 3.05) is 22.1 Å². The molecule has 0 saturated carbocycles. The second-order valence-electron chi connectivity index (χ2n) is 6.69. The van der Waals surface area contributed by atoms with Gasteiger partial charge in [0.1, 0.15) is 0 Å². The molecule has 0 aliphatic carbocycles. The molecule has 0 bridgehead atoms. The van der Waals surface area contributed by atoms with Crippen LogP contribution in [0.25, 0.3) is 0 Å². The van der Waals surface area contributed by atoms with Gasteiger partial charge in [-0.05, 0) is 42.3 Å². The van der Waals surface area contributed by atoms with Crippen molar-refractivity contribution in [1.82, 2.24) is 0 Å². The van der Waals surface area contributed by atoms with E-state index in [9.17, 15) is 9.59 Å². The van der Waals surface area contributed by atoms with Gasteiger partial charge in [0.25, 0.3) is 5.91 Å². The summed E-state index contributed by atoms with van der Waals surface area (Å²) in [5.74, 6) is 0.245. The van der Waals surface area contributed by atoms with Crippen LogP contribution in [0.3, 0.4) is 0 Å². The van der Waals surface area contributed by atoms with Crippen molar-refractivity contribution in [2.45, 2.75) is 26.8 Å². The van der Waals surface area contributed by atoms with Gasteiger partial charge in [0.05, 0.1) is 11.4 Å². The summed E-state index contributed by atoms with van der Waals surface area (Å²) >= 11 is 0. The molecular weight excluding hydrogens is 314 g/mol. The minimum absolute atomic E-state index is 0.0334. The Labute approximate surface area is 148 Å². The highest BCUT2D eigenvalue weighted by Gasteiger charge is 2.29. The quantitative estimate of drug-likeness (QED) is 0.897. The summed E-state index contributed by atoms with van der Waals surface area (Å²) in [5, 5.41) is 6.24. The molecule has 0 unspecified atom stereocenters. The Morgan fingerprint density at radius 2 is 1.80 bits per heavy atom. The van der Waals surface area contributed by atoms with Crippen molar-refractivity contribution in [3.63, 3.8) is 0 Å². The van der Waals surface area contributed by atoms with E-state index in [-0.39, 0.29) is 17.9 Å². The highest BCUT2D eigenvalue weighted by Crippen LogP contribution is 2.33. The Bertz CT molecular complexity index is 784. The van der Waals surface area contributed by atoms with E-state index in [1.165, 1.54) is 6.92 Å². The van der Waals surface area contributed by atoms with Crippen molar-refractivity contribution >= 4 is 28.9 Å². The monoisotopic (exact) mass is 337 g/mol. The van der Waals surface area contributed by atoms with Crippen LogP contribution in [-0.4, -0.2) is 24.4 Å². The van der Waals surface area contributed by atoms with Gasteiger partial charge in [0, 0.05) is 30.8 Å². The number of para-hydroxylation sites is 2. The fourth-order valence-corrected chi connectivity index (χ4v) is 3.00. The van der Waals surface area contributed by atoms with Gasteiger partial charge in [-0.15, -0.1) is 0 Å². The van der Waals surface area contributed by atoms with E-state index in [4.69, 9.17) is 0 Å². The van der Waals surface area contributed by atoms with Crippen LogP contribution in [0, 0.1) is 5.92 Å². The van der Waals surface area contributed by atoms with Crippen molar-refractivity contribution in [2.24, 2.45) is 5.92 Å². The zero-order chi connectivity index (χ0) is 18.0. The van der Waals surface area contributed by atoms with Gasteiger partial charge < -0.3 is 15.5 Å². The van der Waals surface area contributed by atoms with Gasteiger partial charge in [-0.25, -0.2) is 0 Å². The average molecular weight is 337 g/mol. The summed E-state index contributed by atoms with van der Waals surface area (Å²) in [5.41, 5.74) is 3.17. The Morgan fingerprint density at radius 1 is 1.12 bits per heavy atom. The zero-order valence-corrected chi connectivity index (χ0v) is 14.7. The van der Waals surface area contributed by atoms with Crippen molar-refractivity contribution in [3.05, 3.63) is 54.1 Å². The molecule has 2 N–H and O–H groups in total. The lowest BCUT2D eigenvalue weighted by Crippen LogP contribution is -2.47. The van der Waals surface area contributed by atoms with E-state index in [0.717, 1.165) is 11.4 Å². The van der Waals surface area contributed by atoms with Crippen LogP contribution >= 0.6 is 0 Å². The summed E-state index contributed by atoms with van der Waals surface area (Å²) in [7, 11) is 0. The highest BCUT2D eigenvalue weighted by atomic mass is 16.2. The van der Waals surface area contributed by atoms with Crippen LogP contribution in [-0.2, 0) is 4.79 Å². The lowest BCUT2D eigenvalue weighted by atomic mass is 9.99. The van der Waals surface area contributed by atoms with E-state index in [1.807, 2.05) is 29.2 Å². The lowest BCUT2D eigenvalue weighted by Gasteiger charge is -2.37. The van der Waals surface area contributed by atoms with Gasteiger partial charge in [-0.2, -0.15) is 0 Å². The summed E-state index contributed by atoms with van der Waals surface area (Å²) in [6, 6.07) is 15.1. The molecule has 0 aromatic heterocycles. The third-order valence-electron chi connectivity index (χ3n) is 4.42. The molecule has 5 heteroatoms. The van der Waals surface area contributed by atoms with Crippen LogP contribution < -0.4 is 15.5 Å². The number of anilines is 3. The first-order valence-corrected chi connectivity index (χ1v) is 8.51. The first kappa shape index (κ1) is 17.0. The van der Waals surface area contributed by atoms with Crippen molar-refractivity contribution in [3.8, 4) is 0 Å². The molecule has 2 amide bonds. The first-order valence-electron chi connectivity index (χ1n) is 8.51. The minimum Gasteiger partial charge on any atom is -0.379 e. The average Bonchev–Trinajstić information content (AvgIpc) is 2.60. The number of hydrogen-bond donors (Lipinski definition) is 2. The molecule has 1 heterocycles. The van der Waals surface area contributed by atoms with Crippen LogP contribution in [0.5, 0.6) is 0 Å². The third kappa shape index (κ3) is 3.65. The van der Waals surface area contributed by atoms with Gasteiger partial charge in [-0.3, -0.25) is 9.59 Å². The summed E-state index contributed by atoms with van der Waals surface area (Å²) < 4.78 is 0. The number of nitrogens with one attached hydrogen (secondary N) is 2. The number of nitrogens with zero attached hydrogens (tertiary/aromatic N) is 1. The maximum Gasteiger partial charge on any atom is 0.258 e. The Hall–Kier alpha value is -2.82.